The summed E-state index contributed by atoms with van der Waals surface area (Å²) in [7, 11) is 0. The maximum Gasteiger partial charge on any atom is 0.129 e. The van der Waals surface area contributed by atoms with Crippen LogP contribution in [0.3, 0.4) is 0 Å². The number of benzene rings is 6. The Hall–Kier alpha value is -5.91. The molecule has 0 radical (unpaired) electrons. The van der Waals surface area contributed by atoms with E-state index in [4.69, 9.17) is 11.6 Å². The number of hydrogen-bond donors (Lipinski definition) is 2. The molecule has 6 aromatic carbocycles. The number of aryl methyl sites for hydroxylation is 1. The molecule has 2 atom stereocenters. The number of anilines is 5. The molecule has 3 fully saturated rings. The van der Waals surface area contributed by atoms with E-state index in [1.807, 2.05) is 0 Å². The van der Waals surface area contributed by atoms with E-state index in [0.29, 0.717) is 17.8 Å². The van der Waals surface area contributed by atoms with Gasteiger partial charge in [0.05, 0.1) is 10.7 Å². The van der Waals surface area contributed by atoms with E-state index in [-0.39, 0.29) is 12.3 Å². The van der Waals surface area contributed by atoms with Gasteiger partial charge in [-0.05, 0) is 151 Å². The first-order valence-electron chi connectivity index (χ1n) is 25.6. The molecule has 0 spiro atoms. The van der Waals surface area contributed by atoms with Crippen molar-refractivity contribution in [1.82, 2.24) is 10.6 Å². The molecule has 5 nitrogen and oxygen atoms in total. The Bertz CT molecular complexity index is 2670. The fourth-order valence-electron chi connectivity index (χ4n) is 12.4. The minimum Gasteiger partial charge on any atom is -0.366 e. The summed E-state index contributed by atoms with van der Waals surface area (Å²) in [5.41, 5.74) is 16.7. The Labute approximate surface area is 404 Å². The summed E-state index contributed by atoms with van der Waals surface area (Å²) >= 11 is 7.47. The first kappa shape index (κ1) is 43.6. The molecule has 342 valence electrons. The highest BCUT2D eigenvalue weighted by Crippen LogP contribution is 2.50. The maximum absolute atomic E-state index is 7.47. The summed E-state index contributed by atoms with van der Waals surface area (Å²) < 4.78 is 0. The molecule has 3 aliphatic carbocycles. The van der Waals surface area contributed by atoms with Crippen LogP contribution < -0.4 is 25.3 Å². The molecule has 5 aliphatic rings. The van der Waals surface area contributed by atoms with Crippen molar-refractivity contribution in [1.29, 1.82) is 0 Å². The van der Waals surface area contributed by atoms with Gasteiger partial charge in [0, 0.05) is 47.5 Å². The summed E-state index contributed by atoms with van der Waals surface area (Å²) in [6.45, 7) is 2.33. The number of nitrogens with one attached hydrogen (secondary N) is 2. The molecule has 2 aliphatic heterocycles. The molecule has 0 amide bonds. The van der Waals surface area contributed by atoms with Crippen molar-refractivity contribution >= 4 is 40.0 Å². The van der Waals surface area contributed by atoms with Crippen LogP contribution in [0.25, 0.3) is 11.1 Å². The minimum atomic E-state index is -0.125. The predicted octanol–water partition coefficient (Wildman–Crippen LogP) is 17.1. The topological polar surface area (TPSA) is 33.8 Å². The van der Waals surface area contributed by atoms with Crippen LogP contribution in [0.4, 0.5) is 28.4 Å². The number of para-hydroxylation sites is 1. The lowest BCUT2D eigenvalue weighted by molar-refractivity contribution is 0.434. The predicted molar refractivity (Wildman–Crippen MR) is 282 cm³/mol. The number of rotatable bonds is 11. The van der Waals surface area contributed by atoms with E-state index in [9.17, 15) is 0 Å². The van der Waals surface area contributed by atoms with Crippen molar-refractivity contribution in [3.63, 3.8) is 0 Å². The number of halogens is 1. The van der Waals surface area contributed by atoms with Crippen molar-refractivity contribution in [3.05, 3.63) is 197 Å². The quantitative estimate of drug-likeness (QED) is 0.135. The lowest BCUT2D eigenvalue weighted by atomic mass is 9.77. The van der Waals surface area contributed by atoms with E-state index >= 15 is 0 Å². The van der Waals surface area contributed by atoms with Crippen LogP contribution in [-0.2, 0) is 0 Å². The zero-order chi connectivity index (χ0) is 45.1. The smallest absolute Gasteiger partial charge is 0.129 e. The van der Waals surface area contributed by atoms with Crippen LogP contribution >= 0.6 is 11.6 Å². The Kier molecular flexibility index (Phi) is 12.9. The van der Waals surface area contributed by atoms with E-state index in [1.165, 1.54) is 135 Å². The first-order chi connectivity index (χ1) is 33.1. The van der Waals surface area contributed by atoms with Crippen LogP contribution in [-0.4, -0.2) is 0 Å². The van der Waals surface area contributed by atoms with E-state index < -0.39 is 0 Å². The van der Waals surface area contributed by atoms with Gasteiger partial charge in [-0.2, -0.15) is 0 Å². The van der Waals surface area contributed by atoms with Crippen LogP contribution in [0, 0.1) is 6.92 Å². The molecule has 6 aromatic rings. The summed E-state index contributed by atoms with van der Waals surface area (Å²) in [4.78, 5) is 7.41. The highest BCUT2D eigenvalue weighted by atomic mass is 35.5. The first-order valence-corrected chi connectivity index (χ1v) is 26.0. The second-order valence-corrected chi connectivity index (χ2v) is 20.4. The molecule has 6 heteroatoms. The van der Waals surface area contributed by atoms with Crippen LogP contribution in [0.1, 0.15) is 160 Å². The summed E-state index contributed by atoms with van der Waals surface area (Å²) in [5.74, 6) is 1.68. The number of nitrogens with zero attached hydrogens (tertiary/aromatic N) is 3. The third kappa shape index (κ3) is 9.00. The average Bonchev–Trinajstić information content (AvgIpc) is 4.09. The molecular weight excluding hydrogens is 838 g/mol. The summed E-state index contributed by atoms with van der Waals surface area (Å²) in [6.07, 6.45) is 28.0. The Balaban J connectivity index is 0.956. The largest absolute Gasteiger partial charge is 0.366 e. The second-order valence-electron chi connectivity index (χ2n) is 20.0. The van der Waals surface area contributed by atoms with Crippen molar-refractivity contribution in [3.8, 4) is 11.1 Å². The van der Waals surface area contributed by atoms with Crippen molar-refractivity contribution in [2.45, 2.75) is 133 Å². The van der Waals surface area contributed by atoms with Gasteiger partial charge >= 0.3 is 0 Å². The molecule has 2 unspecified atom stereocenters. The molecule has 3 saturated carbocycles. The normalized spacial score (nSPS) is 20.3. The highest BCUT2D eigenvalue weighted by molar-refractivity contribution is 6.34. The van der Waals surface area contributed by atoms with Crippen molar-refractivity contribution in [2.75, 3.05) is 14.7 Å². The van der Waals surface area contributed by atoms with Gasteiger partial charge in [-0.15, -0.1) is 0 Å². The lowest BCUT2D eigenvalue weighted by Crippen LogP contribution is -2.29. The molecule has 0 aromatic heterocycles. The Morgan fingerprint density at radius 1 is 0.448 bits per heavy atom. The standard InChI is InChI=1S/C61H66ClN5/c1-43-37-54(45-21-9-3-10-22-45)58(55(38-43)46-23-11-4-12-24-46)65-35-33-63-60(65)48-27-17-31-52(39-48)67(51-29-15-6-16-30-51)53-32-18-28-49(40-53)61-64-34-36-66(61)59-56(47-25-13-5-14-26-47)41-50(42-57(59)62)44-19-7-2-8-20-44/h2,6-8,15-20,27-42,45-47,60-61,63-64H,3-5,9-14,21-26H2,1H3. The molecule has 67 heavy (non-hydrogen) atoms. The zero-order valence-corrected chi connectivity index (χ0v) is 40.0. The second kappa shape index (κ2) is 19.7. The highest BCUT2D eigenvalue weighted by Gasteiger charge is 2.34. The van der Waals surface area contributed by atoms with Gasteiger partial charge in [-0.3, -0.25) is 0 Å². The van der Waals surface area contributed by atoms with E-state index in [1.54, 1.807) is 11.1 Å². The molecular formula is C61H66ClN5. The van der Waals surface area contributed by atoms with Gasteiger partial charge in [0.1, 0.15) is 12.3 Å². The van der Waals surface area contributed by atoms with Gasteiger partial charge in [0.25, 0.3) is 0 Å². The van der Waals surface area contributed by atoms with Crippen LogP contribution in [0.15, 0.2) is 158 Å². The molecule has 0 bridgehead atoms. The zero-order valence-electron chi connectivity index (χ0n) is 39.2. The van der Waals surface area contributed by atoms with Gasteiger partial charge in [-0.1, -0.05) is 160 Å². The average molecular weight is 905 g/mol. The third-order valence-corrected chi connectivity index (χ3v) is 15.9. The molecule has 2 heterocycles. The Morgan fingerprint density at radius 3 is 1.40 bits per heavy atom. The minimum absolute atomic E-state index is 0.0185. The van der Waals surface area contributed by atoms with Crippen molar-refractivity contribution in [2.24, 2.45) is 0 Å². The SMILES string of the molecule is Cc1cc(C2CCCCC2)c(N2C=CNC2c2cccc(N(c3ccccc3)c3cccc(C4NC=CN4c4c(Cl)cc(-c5ccccc5)cc4C4CCCCC4)c3)c2)c(C2CCCCC2)c1. The maximum atomic E-state index is 7.47. The lowest BCUT2D eigenvalue weighted by Gasteiger charge is -2.36. The monoisotopic (exact) mass is 904 g/mol. The molecule has 0 saturated heterocycles. The fourth-order valence-corrected chi connectivity index (χ4v) is 12.7. The molecule has 2 N–H and O–H groups in total. The van der Waals surface area contributed by atoms with Crippen LogP contribution in [0.5, 0.6) is 0 Å². The van der Waals surface area contributed by atoms with Crippen LogP contribution in [0.2, 0.25) is 5.02 Å². The number of hydrogen-bond acceptors (Lipinski definition) is 5. The fraction of sp³-hybridized carbons (Fsp3) is 0.344. The molecule has 11 rings (SSSR count). The van der Waals surface area contributed by atoms with Crippen molar-refractivity contribution < 1.29 is 0 Å². The van der Waals surface area contributed by atoms with Gasteiger partial charge in [0.15, 0.2) is 0 Å². The van der Waals surface area contributed by atoms with Gasteiger partial charge in [-0.25, -0.2) is 0 Å². The van der Waals surface area contributed by atoms with Gasteiger partial charge < -0.3 is 25.3 Å². The Morgan fingerprint density at radius 2 is 0.896 bits per heavy atom. The summed E-state index contributed by atoms with van der Waals surface area (Å²) in [5, 5.41) is 8.39. The van der Waals surface area contributed by atoms with E-state index in [2.05, 4.69) is 191 Å². The third-order valence-electron chi connectivity index (χ3n) is 15.6. The summed E-state index contributed by atoms with van der Waals surface area (Å²) in [6, 6.07) is 49.6. The van der Waals surface area contributed by atoms with Gasteiger partial charge in [0.2, 0.25) is 0 Å². The van der Waals surface area contributed by atoms with E-state index in [0.717, 1.165) is 27.8 Å².